The Morgan fingerprint density at radius 1 is 1.05 bits per heavy atom. The van der Waals surface area contributed by atoms with Crippen molar-refractivity contribution in [2.45, 2.75) is 51.9 Å². The first-order valence-corrected chi connectivity index (χ1v) is 12.9. The molecule has 1 atom stereocenters. The predicted molar refractivity (Wildman–Crippen MR) is 148 cm³/mol. The van der Waals surface area contributed by atoms with Gasteiger partial charge < -0.3 is 28.8 Å². The molecule has 2 aromatic carbocycles. The second kappa shape index (κ2) is 12.1. The first kappa shape index (κ1) is 28.5. The van der Waals surface area contributed by atoms with E-state index in [1.807, 2.05) is 45.0 Å². The molecule has 0 saturated carbocycles. The highest BCUT2D eigenvalue weighted by Gasteiger charge is 2.36. The fourth-order valence-electron chi connectivity index (χ4n) is 4.37. The van der Waals surface area contributed by atoms with Crippen LogP contribution < -0.4 is 19.5 Å². The minimum atomic E-state index is -1.08. The maximum absolute atomic E-state index is 14.1. The Bertz CT molecular complexity index is 1440. The number of furan rings is 1. The SMILES string of the molecule is CCC(C)(C)NC(=O)[C@H](c1cc(OC)c(OC)c(OC)c1)N(Cc1ccco1)C(=O)Cn1nnc2ccccc21. The van der Waals surface area contributed by atoms with Gasteiger partial charge in [-0.3, -0.25) is 9.59 Å². The van der Waals surface area contributed by atoms with Gasteiger partial charge in [0.15, 0.2) is 11.5 Å². The summed E-state index contributed by atoms with van der Waals surface area (Å²) in [4.78, 5) is 29.6. The van der Waals surface area contributed by atoms with Crippen LogP contribution in [-0.2, 0) is 22.7 Å². The number of rotatable bonds is 12. The van der Waals surface area contributed by atoms with Gasteiger partial charge >= 0.3 is 0 Å². The first-order chi connectivity index (χ1) is 19.2. The van der Waals surface area contributed by atoms with E-state index in [2.05, 4.69) is 15.6 Å². The van der Waals surface area contributed by atoms with Crippen molar-refractivity contribution in [1.82, 2.24) is 25.2 Å². The van der Waals surface area contributed by atoms with Crippen LogP contribution in [0, 0.1) is 0 Å². The van der Waals surface area contributed by atoms with Crippen LogP contribution >= 0.6 is 0 Å². The number of hydrogen-bond acceptors (Lipinski definition) is 8. The summed E-state index contributed by atoms with van der Waals surface area (Å²) in [6.45, 7) is 5.72. The third kappa shape index (κ3) is 6.03. The molecule has 2 aromatic heterocycles. The highest BCUT2D eigenvalue weighted by atomic mass is 16.5. The lowest BCUT2D eigenvalue weighted by Gasteiger charge is -2.34. The van der Waals surface area contributed by atoms with E-state index in [1.54, 1.807) is 24.3 Å². The lowest BCUT2D eigenvalue weighted by molar-refractivity contribution is -0.143. The van der Waals surface area contributed by atoms with Gasteiger partial charge in [-0.15, -0.1) is 5.10 Å². The number of methoxy groups -OCH3 is 3. The van der Waals surface area contributed by atoms with Crippen molar-refractivity contribution in [3.8, 4) is 17.2 Å². The standard InChI is InChI=1S/C29H35N5O6/c1-7-29(2,3)30-28(36)26(19-15-23(37-4)27(39-6)24(16-19)38-5)33(17-20-11-10-14-40-20)25(35)18-34-22-13-9-8-12-21(22)31-32-34/h8-16,26H,7,17-18H2,1-6H3,(H,30,36)/t26-/m0/s1. The minimum Gasteiger partial charge on any atom is -0.493 e. The number of nitrogens with one attached hydrogen (secondary N) is 1. The van der Waals surface area contributed by atoms with Gasteiger partial charge in [-0.25, -0.2) is 4.68 Å². The molecule has 11 heteroatoms. The first-order valence-electron chi connectivity index (χ1n) is 12.9. The van der Waals surface area contributed by atoms with Gasteiger partial charge in [0.2, 0.25) is 17.6 Å². The van der Waals surface area contributed by atoms with E-state index in [-0.39, 0.29) is 24.9 Å². The number of fused-ring (bicyclic) bond motifs is 1. The molecule has 0 radical (unpaired) electrons. The van der Waals surface area contributed by atoms with Gasteiger partial charge in [-0.2, -0.15) is 0 Å². The molecule has 0 fully saturated rings. The van der Waals surface area contributed by atoms with Gasteiger partial charge in [0.05, 0.1) is 39.7 Å². The van der Waals surface area contributed by atoms with Gasteiger partial charge in [-0.05, 0) is 62.2 Å². The number of ether oxygens (including phenoxy) is 3. The van der Waals surface area contributed by atoms with Crippen LogP contribution in [0.25, 0.3) is 11.0 Å². The fourth-order valence-corrected chi connectivity index (χ4v) is 4.37. The lowest BCUT2D eigenvalue weighted by Crippen LogP contribution is -2.50. The van der Waals surface area contributed by atoms with Gasteiger partial charge in [0.1, 0.15) is 23.9 Å². The molecule has 4 rings (SSSR count). The van der Waals surface area contributed by atoms with Crippen molar-refractivity contribution >= 4 is 22.8 Å². The monoisotopic (exact) mass is 549 g/mol. The van der Waals surface area contributed by atoms with Crippen molar-refractivity contribution in [3.05, 3.63) is 66.1 Å². The Kier molecular flexibility index (Phi) is 8.61. The zero-order chi connectivity index (χ0) is 28.9. The topological polar surface area (TPSA) is 121 Å². The largest absolute Gasteiger partial charge is 0.493 e. The Labute approximate surface area is 233 Å². The fraction of sp³-hybridized carbons (Fsp3) is 0.379. The average Bonchev–Trinajstić information content (AvgIpc) is 3.62. The van der Waals surface area contributed by atoms with E-state index in [1.165, 1.54) is 37.2 Å². The molecular formula is C29H35N5O6. The van der Waals surface area contributed by atoms with Crippen LogP contribution in [0.4, 0.5) is 0 Å². The van der Waals surface area contributed by atoms with Gasteiger partial charge in [0.25, 0.3) is 0 Å². The summed E-state index contributed by atoms with van der Waals surface area (Å²) in [5.74, 6) is 0.866. The summed E-state index contributed by atoms with van der Waals surface area (Å²) in [6.07, 6.45) is 2.20. The van der Waals surface area contributed by atoms with Crippen LogP contribution in [0.2, 0.25) is 0 Å². The van der Waals surface area contributed by atoms with E-state index in [0.717, 1.165) is 0 Å². The molecule has 0 saturated heterocycles. The molecule has 4 aromatic rings. The number of para-hydroxylation sites is 1. The zero-order valence-corrected chi connectivity index (χ0v) is 23.6. The summed E-state index contributed by atoms with van der Waals surface area (Å²) in [7, 11) is 4.50. The van der Waals surface area contributed by atoms with E-state index >= 15 is 0 Å². The number of nitrogens with zero attached hydrogens (tertiary/aromatic N) is 4. The number of carbonyl (C=O) groups is 2. The quantitative estimate of drug-likeness (QED) is 0.280. The van der Waals surface area contributed by atoms with Crippen LogP contribution in [0.15, 0.2) is 59.2 Å². The molecule has 0 aliphatic heterocycles. The van der Waals surface area contributed by atoms with Gasteiger partial charge in [-0.1, -0.05) is 24.3 Å². The summed E-state index contributed by atoms with van der Waals surface area (Å²) in [6, 6.07) is 13.1. The summed E-state index contributed by atoms with van der Waals surface area (Å²) >= 11 is 0. The number of hydrogen-bond donors (Lipinski definition) is 1. The van der Waals surface area contributed by atoms with Crippen LogP contribution in [0.3, 0.4) is 0 Å². The molecule has 0 aliphatic carbocycles. The molecule has 0 bridgehead atoms. The highest BCUT2D eigenvalue weighted by Crippen LogP contribution is 2.41. The van der Waals surface area contributed by atoms with Crippen molar-refractivity contribution in [1.29, 1.82) is 0 Å². The molecule has 2 amide bonds. The molecule has 0 spiro atoms. The molecule has 0 unspecified atom stereocenters. The van der Waals surface area contributed by atoms with E-state index in [4.69, 9.17) is 18.6 Å². The normalized spacial score (nSPS) is 12.2. The van der Waals surface area contributed by atoms with Crippen LogP contribution in [0.1, 0.15) is 44.6 Å². The molecule has 212 valence electrons. The smallest absolute Gasteiger partial charge is 0.247 e. The third-order valence-corrected chi connectivity index (χ3v) is 6.84. The second-order valence-electron chi connectivity index (χ2n) is 9.92. The van der Waals surface area contributed by atoms with Crippen molar-refractivity contribution in [2.75, 3.05) is 21.3 Å². The van der Waals surface area contributed by atoms with Gasteiger partial charge in [0, 0.05) is 5.54 Å². The van der Waals surface area contributed by atoms with E-state index in [9.17, 15) is 9.59 Å². The van der Waals surface area contributed by atoms with E-state index in [0.29, 0.717) is 46.0 Å². The van der Waals surface area contributed by atoms with Crippen LogP contribution in [0.5, 0.6) is 17.2 Å². The molecule has 40 heavy (non-hydrogen) atoms. The summed E-state index contributed by atoms with van der Waals surface area (Å²) < 4.78 is 23.8. The molecule has 2 heterocycles. The summed E-state index contributed by atoms with van der Waals surface area (Å²) in [5, 5.41) is 11.4. The Balaban J connectivity index is 1.84. The Morgan fingerprint density at radius 3 is 2.35 bits per heavy atom. The number of amides is 2. The van der Waals surface area contributed by atoms with Crippen molar-refractivity contribution in [2.24, 2.45) is 0 Å². The number of aromatic nitrogens is 3. The molecule has 11 nitrogen and oxygen atoms in total. The Hall–Kier alpha value is -4.54. The third-order valence-electron chi connectivity index (χ3n) is 6.84. The summed E-state index contributed by atoms with van der Waals surface area (Å²) in [5.41, 5.74) is 1.31. The predicted octanol–water partition coefficient (Wildman–Crippen LogP) is 4.13. The zero-order valence-electron chi connectivity index (χ0n) is 23.6. The minimum absolute atomic E-state index is 0.0275. The van der Waals surface area contributed by atoms with Crippen molar-refractivity contribution in [3.63, 3.8) is 0 Å². The second-order valence-corrected chi connectivity index (χ2v) is 9.92. The van der Waals surface area contributed by atoms with E-state index < -0.39 is 11.6 Å². The average molecular weight is 550 g/mol. The molecular weight excluding hydrogens is 514 g/mol. The number of carbonyl (C=O) groups excluding carboxylic acids is 2. The van der Waals surface area contributed by atoms with Crippen molar-refractivity contribution < 1.29 is 28.2 Å². The maximum atomic E-state index is 14.1. The Morgan fingerprint density at radius 2 is 1.75 bits per heavy atom. The lowest BCUT2D eigenvalue weighted by atomic mass is 9.98. The number of benzene rings is 2. The molecule has 0 aliphatic rings. The maximum Gasteiger partial charge on any atom is 0.247 e. The highest BCUT2D eigenvalue weighted by molar-refractivity contribution is 5.90. The molecule has 1 N–H and O–H groups in total. The van der Waals surface area contributed by atoms with Crippen LogP contribution in [-0.4, -0.2) is 58.6 Å².